The minimum atomic E-state index is 0.207. The number of halogens is 2. The zero-order valence-corrected chi connectivity index (χ0v) is 14.8. The molecule has 0 aliphatic rings. The van der Waals surface area contributed by atoms with Crippen LogP contribution in [0.2, 0.25) is 0 Å². The van der Waals surface area contributed by atoms with Crippen LogP contribution in [-0.2, 0) is 11.3 Å². The van der Waals surface area contributed by atoms with Gasteiger partial charge in [-0.3, -0.25) is 0 Å². The predicted molar refractivity (Wildman–Crippen MR) is 85.8 cm³/mol. The lowest BCUT2D eigenvalue weighted by molar-refractivity contribution is 0.199. The number of methoxy groups -OCH3 is 1. The van der Waals surface area contributed by atoms with Crippen LogP contribution in [0.4, 0.5) is 0 Å². The topological polar surface area (TPSA) is 30.5 Å². The van der Waals surface area contributed by atoms with Crippen molar-refractivity contribution in [2.45, 2.75) is 32.9 Å². The van der Waals surface area contributed by atoms with Gasteiger partial charge in [-0.15, -0.1) is 0 Å². The third kappa shape index (κ3) is 5.81. The van der Waals surface area contributed by atoms with Gasteiger partial charge >= 0.3 is 0 Å². The Bertz CT molecular complexity index is 376. The first-order chi connectivity index (χ1) is 9.08. The van der Waals surface area contributed by atoms with E-state index in [1.54, 1.807) is 7.11 Å². The first-order valence-electron chi connectivity index (χ1n) is 6.42. The lowest BCUT2D eigenvalue weighted by Crippen LogP contribution is -2.18. The molecular weight excluding hydrogens is 374 g/mol. The molecule has 0 aromatic heterocycles. The molecular formula is C14H21Br2NO2. The number of benzene rings is 1. The van der Waals surface area contributed by atoms with Gasteiger partial charge in [0.1, 0.15) is 5.75 Å². The molecule has 1 unspecified atom stereocenters. The number of hydrogen-bond acceptors (Lipinski definition) is 3. The van der Waals surface area contributed by atoms with Gasteiger partial charge in [-0.2, -0.15) is 0 Å². The van der Waals surface area contributed by atoms with Crippen LogP contribution >= 0.6 is 31.9 Å². The maximum absolute atomic E-state index is 5.89. The largest absolute Gasteiger partial charge is 0.488 e. The van der Waals surface area contributed by atoms with Crippen molar-refractivity contribution in [2.75, 3.05) is 20.3 Å². The second kappa shape index (κ2) is 8.95. The normalized spacial score (nSPS) is 12.5. The van der Waals surface area contributed by atoms with Crippen molar-refractivity contribution in [3.05, 3.63) is 26.6 Å². The quantitative estimate of drug-likeness (QED) is 0.672. The summed E-state index contributed by atoms with van der Waals surface area (Å²) in [5, 5.41) is 3.32. The van der Waals surface area contributed by atoms with Gasteiger partial charge in [-0.25, -0.2) is 0 Å². The van der Waals surface area contributed by atoms with Crippen molar-refractivity contribution in [3.63, 3.8) is 0 Å². The summed E-state index contributed by atoms with van der Waals surface area (Å²) < 4.78 is 12.8. The van der Waals surface area contributed by atoms with Gasteiger partial charge in [0.25, 0.3) is 0 Å². The van der Waals surface area contributed by atoms with Crippen LogP contribution in [0.3, 0.4) is 0 Å². The maximum atomic E-state index is 5.89. The molecule has 0 saturated heterocycles. The first kappa shape index (κ1) is 17.0. The van der Waals surface area contributed by atoms with E-state index in [0.29, 0.717) is 0 Å². The highest BCUT2D eigenvalue weighted by atomic mass is 79.9. The van der Waals surface area contributed by atoms with Crippen molar-refractivity contribution in [1.29, 1.82) is 0 Å². The number of rotatable bonds is 8. The summed E-state index contributed by atoms with van der Waals surface area (Å²) in [6, 6.07) is 4.17. The average molecular weight is 395 g/mol. The SMILES string of the molecule is CCC(C)Oc1c(Br)cc(CNCCOC)cc1Br. The van der Waals surface area contributed by atoms with Crippen molar-refractivity contribution < 1.29 is 9.47 Å². The maximum Gasteiger partial charge on any atom is 0.148 e. The van der Waals surface area contributed by atoms with E-state index in [-0.39, 0.29) is 6.10 Å². The fraction of sp³-hybridized carbons (Fsp3) is 0.571. The standard InChI is InChI=1S/C14H21Br2NO2/c1-4-10(2)19-14-12(15)7-11(8-13(14)16)9-17-5-6-18-3/h7-8,10,17H,4-6,9H2,1-3H3. The smallest absolute Gasteiger partial charge is 0.148 e. The van der Waals surface area contributed by atoms with Crippen LogP contribution in [-0.4, -0.2) is 26.4 Å². The summed E-state index contributed by atoms with van der Waals surface area (Å²) in [6.45, 7) is 6.55. The molecule has 0 spiro atoms. The highest BCUT2D eigenvalue weighted by Gasteiger charge is 2.11. The molecule has 3 nitrogen and oxygen atoms in total. The van der Waals surface area contributed by atoms with E-state index in [0.717, 1.165) is 40.8 Å². The van der Waals surface area contributed by atoms with E-state index in [1.165, 1.54) is 5.56 Å². The number of nitrogens with one attached hydrogen (secondary N) is 1. The molecule has 1 aromatic rings. The zero-order chi connectivity index (χ0) is 14.3. The third-order valence-corrected chi connectivity index (χ3v) is 3.94. The summed E-state index contributed by atoms with van der Waals surface area (Å²) in [5.41, 5.74) is 1.20. The summed E-state index contributed by atoms with van der Waals surface area (Å²) in [5.74, 6) is 0.870. The summed E-state index contributed by atoms with van der Waals surface area (Å²) in [4.78, 5) is 0. The van der Waals surface area contributed by atoms with Crippen LogP contribution in [0, 0.1) is 0 Å². The van der Waals surface area contributed by atoms with Crippen LogP contribution in [0.15, 0.2) is 21.1 Å². The molecule has 108 valence electrons. The van der Waals surface area contributed by atoms with Crippen molar-refractivity contribution in [3.8, 4) is 5.75 Å². The minimum absolute atomic E-state index is 0.207. The molecule has 1 rings (SSSR count). The second-order valence-corrected chi connectivity index (χ2v) is 6.10. The molecule has 1 atom stereocenters. The van der Waals surface area contributed by atoms with Gasteiger partial charge in [0.05, 0.1) is 21.7 Å². The molecule has 0 bridgehead atoms. The van der Waals surface area contributed by atoms with Crippen LogP contribution < -0.4 is 10.1 Å². The van der Waals surface area contributed by atoms with E-state index in [1.807, 2.05) is 0 Å². The molecule has 0 radical (unpaired) electrons. The molecule has 1 N–H and O–H groups in total. The lowest BCUT2D eigenvalue weighted by atomic mass is 10.2. The Morgan fingerprint density at radius 1 is 1.26 bits per heavy atom. The molecule has 19 heavy (non-hydrogen) atoms. The average Bonchev–Trinajstić information content (AvgIpc) is 2.38. The molecule has 0 fully saturated rings. The summed E-state index contributed by atoms with van der Waals surface area (Å²) in [7, 11) is 1.70. The molecule has 0 saturated carbocycles. The number of ether oxygens (including phenoxy) is 2. The van der Waals surface area contributed by atoms with Crippen molar-refractivity contribution >= 4 is 31.9 Å². The zero-order valence-electron chi connectivity index (χ0n) is 11.6. The monoisotopic (exact) mass is 393 g/mol. The Morgan fingerprint density at radius 2 is 1.89 bits per heavy atom. The molecule has 0 aliphatic carbocycles. The predicted octanol–water partition coefficient (Wildman–Crippen LogP) is 4.12. The van der Waals surface area contributed by atoms with Gasteiger partial charge in [0, 0.05) is 20.2 Å². The van der Waals surface area contributed by atoms with Gasteiger partial charge in [0.2, 0.25) is 0 Å². The lowest BCUT2D eigenvalue weighted by Gasteiger charge is -2.16. The fourth-order valence-electron chi connectivity index (χ4n) is 1.52. The van der Waals surface area contributed by atoms with E-state index >= 15 is 0 Å². The van der Waals surface area contributed by atoms with E-state index < -0.39 is 0 Å². The highest BCUT2D eigenvalue weighted by molar-refractivity contribution is 9.11. The van der Waals surface area contributed by atoms with Gasteiger partial charge in [-0.1, -0.05) is 6.92 Å². The second-order valence-electron chi connectivity index (χ2n) is 4.39. The summed E-state index contributed by atoms with van der Waals surface area (Å²) in [6.07, 6.45) is 1.19. The van der Waals surface area contributed by atoms with Crippen LogP contribution in [0.5, 0.6) is 5.75 Å². The molecule has 0 heterocycles. The van der Waals surface area contributed by atoms with Crippen molar-refractivity contribution in [2.24, 2.45) is 0 Å². The molecule has 0 amide bonds. The van der Waals surface area contributed by atoms with E-state index in [2.05, 4.69) is 63.2 Å². The van der Waals surface area contributed by atoms with E-state index in [9.17, 15) is 0 Å². The van der Waals surface area contributed by atoms with Gasteiger partial charge in [0.15, 0.2) is 0 Å². The number of hydrogen-bond donors (Lipinski definition) is 1. The van der Waals surface area contributed by atoms with Gasteiger partial charge < -0.3 is 14.8 Å². The van der Waals surface area contributed by atoms with Crippen molar-refractivity contribution in [1.82, 2.24) is 5.32 Å². The van der Waals surface area contributed by atoms with Gasteiger partial charge in [-0.05, 0) is 62.9 Å². The highest BCUT2D eigenvalue weighted by Crippen LogP contribution is 2.35. The third-order valence-electron chi connectivity index (χ3n) is 2.76. The molecule has 5 heteroatoms. The Balaban J connectivity index is 2.68. The Morgan fingerprint density at radius 3 is 2.42 bits per heavy atom. The summed E-state index contributed by atoms with van der Waals surface area (Å²) >= 11 is 7.14. The fourth-order valence-corrected chi connectivity index (χ4v) is 2.99. The minimum Gasteiger partial charge on any atom is -0.488 e. The van der Waals surface area contributed by atoms with Crippen LogP contribution in [0.1, 0.15) is 25.8 Å². The first-order valence-corrected chi connectivity index (χ1v) is 8.01. The Hall–Kier alpha value is -0.100. The molecule has 1 aromatic carbocycles. The van der Waals surface area contributed by atoms with Crippen LogP contribution in [0.25, 0.3) is 0 Å². The molecule has 0 aliphatic heterocycles. The Kier molecular flexibility index (Phi) is 7.99. The Labute approximate surface area is 132 Å². The van der Waals surface area contributed by atoms with E-state index in [4.69, 9.17) is 9.47 Å².